The molecule has 0 aliphatic carbocycles. The third-order valence-electron chi connectivity index (χ3n) is 6.07. The molecule has 0 bridgehead atoms. The molecule has 0 radical (unpaired) electrons. The molecule has 2 aliphatic rings. The van der Waals surface area contributed by atoms with E-state index in [1.54, 1.807) is 48.5 Å². The average molecular weight is 485 g/mol. The van der Waals surface area contributed by atoms with E-state index in [4.69, 9.17) is 0 Å². The Morgan fingerprint density at radius 1 is 1.03 bits per heavy atom. The van der Waals surface area contributed by atoms with Crippen LogP contribution in [-0.4, -0.2) is 56.1 Å². The smallest absolute Gasteiger partial charge is 0.254 e. The number of carbonyl (C=O) groups is 3. The van der Waals surface area contributed by atoms with Crippen molar-refractivity contribution in [2.75, 3.05) is 25.0 Å². The van der Waals surface area contributed by atoms with Crippen LogP contribution in [0.2, 0.25) is 0 Å². The summed E-state index contributed by atoms with van der Waals surface area (Å²) in [5.74, 6) is -0.929. The third-order valence-corrected chi connectivity index (χ3v) is 7.99. The van der Waals surface area contributed by atoms with Crippen LogP contribution < -0.4 is 16.0 Å². The lowest BCUT2D eigenvalue weighted by atomic mass is 10.1. The molecule has 2 aliphatic heterocycles. The summed E-state index contributed by atoms with van der Waals surface area (Å²) in [5.41, 5.74) is 1.76. The summed E-state index contributed by atoms with van der Waals surface area (Å²) in [6, 6.07) is 12.7. The topological polar surface area (TPSA) is 125 Å². The molecule has 2 aromatic carbocycles. The lowest BCUT2D eigenvalue weighted by molar-refractivity contribution is -0.121. The quantitative estimate of drug-likeness (QED) is 0.526. The van der Waals surface area contributed by atoms with E-state index in [9.17, 15) is 22.8 Å². The maximum atomic E-state index is 12.6. The standard InChI is InChI=1S/C24H28N4O5S/c29-22(12-11-21-24(31)26-20-6-2-1-5-19(20)23(30)27-21)25-14-13-17-7-9-18(10-8-17)34(32,33)28-15-3-4-16-28/h1-2,5-10,21H,3-4,11-16H2,(H,25,29)(H,26,31)(H,27,30)/t21-/m1/s1. The van der Waals surface area contributed by atoms with Gasteiger partial charge >= 0.3 is 0 Å². The Bertz CT molecular complexity index is 1170. The Morgan fingerprint density at radius 2 is 1.74 bits per heavy atom. The Morgan fingerprint density at radius 3 is 2.47 bits per heavy atom. The number of sulfonamides is 1. The summed E-state index contributed by atoms with van der Waals surface area (Å²) in [7, 11) is -3.43. The molecular weight excluding hydrogens is 456 g/mol. The Labute approximate surface area is 199 Å². The Balaban J connectivity index is 1.23. The van der Waals surface area contributed by atoms with Crippen molar-refractivity contribution in [2.24, 2.45) is 0 Å². The first-order valence-corrected chi connectivity index (χ1v) is 12.8. The summed E-state index contributed by atoms with van der Waals surface area (Å²) in [6.07, 6.45) is 2.60. The van der Waals surface area contributed by atoms with E-state index < -0.39 is 16.1 Å². The number of nitrogens with one attached hydrogen (secondary N) is 3. The molecule has 2 aromatic rings. The largest absolute Gasteiger partial charge is 0.356 e. The molecular formula is C24H28N4O5S. The Hall–Kier alpha value is -3.24. The number of benzene rings is 2. The predicted molar refractivity (Wildman–Crippen MR) is 127 cm³/mol. The zero-order chi connectivity index (χ0) is 24.1. The molecule has 0 aromatic heterocycles. The van der Waals surface area contributed by atoms with Gasteiger partial charge in [-0.25, -0.2) is 8.42 Å². The van der Waals surface area contributed by atoms with Crippen molar-refractivity contribution in [1.82, 2.24) is 14.9 Å². The monoisotopic (exact) mass is 484 g/mol. The molecule has 34 heavy (non-hydrogen) atoms. The first-order valence-electron chi connectivity index (χ1n) is 11.4. The highest BCUT2D eigenvalue weighted by molar-refractivity contribution is 7.89. The number of fused-ring (bicyclic) bond motifs is 1. The molecule has 10 heteroatoms. The highest BCUT2D eigenvalue weighted by atomic mass is 32.2. The predicted octanol–water partition coefficient (Wildman–Crippen LogP) is 1.66. The average Bonchev–Trinajstić information content (AvgIpc) is 3.34. The molecule has 0 saturated carbocycles. The normalized spacial score (nSPS) is 18.5. The SMILES string of the molecule is O=C(CC[C@H]1NC(=O)c2ccccc2NC1=O)NCCc1ccc(S(=O)(=O)N2CCCC2)cc1. The third kappa shape index (κ3) is 5.45. The molecule has 0 unspecified atom stereocenters. The van der Waals surface area contributed by atoms with Crippen LogP contribution in [0.4, 0.5) is 5.69 Å². The van der Waals surface area contributed by atoms with Crippen LogP contribution in [0.1, 0.15) is 41.6 Å². The number of rotatable bonds is 8. The van der Waals surface area contributed by atoms with Gasteiger partial charge in [-0.1, -0.05) is 24.3 Å². The molecule has 1 atom stereocenters. The molecule has 0 spiro atoms. The molecule has 4 rings (SSSR count). The van der Waals surface area contributed by atoms with Gasteiger partial charge in [-0.3, -0.25) is 14.4 Å². The van der Waals surface area contributed by atoms with Crippen LogP contribution in [-0.2, 0) is 26.0 Å². The first kappa shape index (κ1) is 23.9. The van der Waals surface area contributed by atoms with E-state index in [2.05, 4.69) is 16.0 Å². The summed E-state index contributed by atoms with van der Waals surface area (Å²) in [5, 5.41) is 8.21. The van der Waals surface area contributed by atoms with Gasteiger partial charge in [0, 0.05) is 26.1 Å². The minimum Gasteiger partial charge on any atom is -0.356 e. The van der Waals surface area contributed by atoms with Crippen molar-refractivity contribution >= 4 is 33.4 Å². The second-order valence-corrected chi connectivity index (χ2v) is 10.4. The van der Waals surface area contributed by atoms with Crippen molar-refractivity contribution in [3.8, 4) is 0 Å². The summed E-state index contributed by atoms with van der Waals surface area (Å²) >= 11 is 0. The maximum absolute atomic E-state index is 12.6. The zero-order valence-electron chi connectivity index (χ0n) is 18.7. The summed E-state index contributed by atoms with van der Waals surface area (Å²) in [4.78, 5) is 37.3. The lowest BCUT2D eigenvalue weighted by Gasteiger charge is -2.15. The van der Waals surface area contributed by atoms with Gasteiger partial charge in [0.15, 0.2) is 0 Å². The molecule has 9 nitrogen and oxygen atoms in total. The molecule has 1 fully saturated rings. The number of hydrogen-bond acceptors (Lipinski definition) is 5. The number of para-hydroxylation sites is 1. The van der Waals surface area contributed by atoms with Gasteiger partial charge in [0.05, 0.1) is 16.1 Å². The van der Waals surface area contributed by atoms with Crippen LogP contribution in [0, 0.1) is 0 Å². The van der Waals surface area contributed by atoms with Crippen LogP contribution in [0.5, 0.6) is 0 Å². The van der Waals surface area contributed by atoms with Gasteiger partial charge in [0.25, 0.3) is 5.91 Å². The second kappa shape index (κ2) is 10.4. The van der Waals surface area contributed by atoms with Crippen LogP contribution in [0.25, 0.3) is 0 Å². The van der Waals surface area contributed by atoms with E-state index in [-0.39, 0.29) is 35.5 Å². The lowest BCUT2D eigenvalue weighted by Crippen LogP contribution is -2.42. The molecule has 180 valence electrons. The van der Waals surface area contributed by atoms with Gasteiger partial charge in [-0.05, 0) is 55.5 Å². The number of anilines is 1. The van der Waals surface area contributed by atoms with Crippen molar-refractivity contribution < 1.29 is 22.8 Å². The van der Waals surface area contributed by atoms with Crippen molar-refractivity contribution in [1.29, 1.82) is 0 Å². The maximum Gasteiger partial charge on any atom is 0.254 e. The molecule has 3 amide bonds. The van der Waals surface area contributed by atoms with Crippen molar-refractivity contribution in [2.45, 2.75) is 43.0 Å². The van der Waals surface area contributed by atoms with Gasteiger partial charge in [-0.15, -0.1) is 0 Å². The van der Waals surface area contributed by atoms with Crippen LogP contribution in [0.3, 0.4) is 0 Å². The van der Waals surface area contributed by atoms with Gasteiger partial charge in [-0.2, -0.15) is 4.31 Å². The van der Waals surface area contributed by atoms with E-state index in [1.807, 2.05) is 0 Å². The van der Waals surface area contributed by atoms with Crippen LogP contribution in [0.15, 0.2) is 53.4 Å². The van der Waals surface area contributed by atoms with Crippen molar-refractivity contribution in [3.63, 3.8) is 0 Å². The zero-order valence-corrected chi connectivity index (χ0v) is 19.6. The van der Waals surface area contributed by atoms with E-state index in [0.717, 1.165) is 18.4 Å². The van der Waals surface area contributed by atoms with Gasteiger partial charge < -0.3 is 16.0 Å². The molecule has 3 N–H and O–H groups in total. The highest BCUT2D eigenvalue weighted by Gasteiger charge is 2.28. The Kier molecular flexibility index (Phi) is 7.28. The van der Waals surface area contributed by atoms with E-state index >= 15 is 0 Å². The number of hydrogen-bond donors (Lipinski definition) is 3. The molecule has 1 saturated heterocycles. The minimum absolute atomic E-state index is 0.0850. The second-order valence-electron chi connectivity index (χ2n) is 8.45. The van der Waals surface area contributed by atoms with Gasteiger partial charge in [0.1, 0.15) is 6.04 Å². The summed E-state index contributed by atoms with van der Waals surface area (Å²) < 4.78 is 26.7. The number of carbonyl (C=O) groups excluding carboxylic acids is 3. The first-order chi connectivity index (χ1) is 16.3. The molecule has 2 heterocycles. The fraction of sp³-hybridized carbons (Fsp3) is 0.375. The van der Waals surface area contributed by atoms with Crippen molar-refractivity contribution in [3.05, 3.63) is 59.7 Å². The summed E-state index contributed by atoms with van der Waals surface area (Å²) in [6.45, 7) is 1.51. The van der Waals surface area contributed by atoms with E-state index in [1.165, 1.54) is 4.31 Å². The highest BCUT2D eigenvalue weighted by Crippen LogP contribution is 2.21. The van der Waals surface area contributed by atoms with Crippen LogP contribution >= 0.6 is 0 Å². The number of amides is 3. The fourth-order valence-corrected chi connectivity index (χ4v) is 5.65. The number of nitrogens with zero attached hydrogens (tertiary/aromatic N) is 1. The van der Waals surface area contributed by atoms with E-state index in [0.29, 0.717) is 37.3 Å². The minimum atomic E-state index is -3.43. The fourth-order valence-electron chi connectivity index (χ4n) is 4.13. The van der Waals surface area contributed by atoms with Gasteiger partial charge in [0.2, 0.25) is 21.8 Å².